The minimum absolute atomic E-state index is 0.0288. The predicted octanol–water partition coefficient (Wildman–Crippen LogP) is 4.09. The number of nitrogens with zero attached hydrogens (tertiary/aromatic N) is 1. The Labute approximate surface area is 156 Å². The molecule has 1 amide bonds. The zero-order chi connectivity index (χ0) is 18.2. The summed E-state index contributed by atoms with van der Waals surface area (Å²) in [7, 11) is -3.78. The second-order valence-corrected chi connectivity index (χ2v) is 8.26. The molecule has 0 unspecified atom stereocenters. The van der Waals surface area contributed by atoms with Crippen molar-refractivity contribution < 1.29 is 13.2 Å². The Morgan fingerprint density at radius 1 is 1.16 bits per heavy atom. The first kappa shape index (κ1) is 18.0. The van der Waals surface area contributed by atoms with Crippen LogP contribution in [-0.2, 0) is 21.2 Å². The molecule has 1 heterocycles. The van der Waals surface area contributed by atoms with Crippen molar-refractivity contribution in [1.29, 1.82) is 0 Å². The maximum atomic E-state index is 12.6. The molecule has 0 saturated heterocycles. The Kier molecular flexibility index (Phi) is 4.95. The van der Waals surface area contributed by atoms with Crippen molar-refractivity contribution >= 4 is 50.5 Å². The lowest BCUT2D eigenvalue weighted by atomic mass is 10.2. The third-order valence-corrected chi connectivity index (χ3v) is 5.79. The number of halogens is 2. The molecule has 0 aliphatic carbocycles. The molecular formula is C17H16Cl2N2O3S. The molecule has 8 heteroatoms. The molecule has 1 aliphatic heterocycles. The van der Waals surface area contributed by atoms with E-state index in [1.54, 1.807) is 24.0 Å². The van der Waals surface area contributed by atoms with E-state index in [1.807, 2.05) is 0 Å². The van der Waals surface area contributed by atoms with E-state index in [0.29, 0.717) is 35.1 Å². The first-order chi connectivity index (χ1) is 11.8. The van der Waals surface area contributed by atoms with E-state index < -0.39 is 10.0 Å². The zero-order valence-electron chi connectivity index (χ0n) is 13.4. The summed E-state index contributed by atoms with van der Waals surface area (Å²) in [4.78, 5) is 13.8. The van der Waals surface area contributed by atoms with Gasteiger partial charge >= 0.3 is 0 Å². The first-order valence-corrected chi connectivity index (χ1v) is 9.96. The van der Waals surface area contributed by atoms with Crippen LogP contribution in [0.25, 0.3) is 0 Å². The summed E-state index contributed by atoms with van der Waals surface area (Å²) in [5.41, 5.74) is 1.91. The van der Waals surface area contributed by atoms with Crippen molar-refractivity contribution in [3.05, 3.63) is 52.0 Å². The monoisotopic (exact) mass is 398 g/mol. The van der Waals surface area contributed by atoms with Crippen molar-refractivity contribution in [1.82, 2.24) is 0 Å². The Bertz CT molecular complexity index is 925. The highest BCUT2D eigenvalue weighted by Gasteiger charge is 2.25. The molecule has 0 atom stereocenters. The smallest absolute Gasteiger partial charge is 0.261 e. The Hall–Kier alpha value is -1.76. The van der Waals surface area contributed by atoms with E-state index in [2.05, 4.69) is 4.72 Å². The molecule has 3 rings (SSSR count). The van der Waals surface area contributed by atoms with E-state index in [0.717, 1.165) is 11.3 Å². The van der Waals surface area contributed by atoms with Crippen LogP contribution in [0.15, 0.2) is 41.3 Å². The fourth-order valence-corrected chi connectivity index (χ4v) is 4.44. The van der Waals surface area contributed by atoms with Crippen LogP contribution in [0.3, 0.4) is 0 Å². The van der Waals surface area contributed by atoms with Crippen molar-refractivity contribution in [2.45, 2.75) is 24.7 Å². The van der Waals surface area contributed by atoms with Crippen LogP contribution < -0.4 is 9.62 Å². The predicted molar refractivity (Wildman–Crippen MR) is 100 cm³/mol. The maximum absolute atomic E-state index is 12.6. The van der Waals surface area contributed by atoms with Crippen molar-refractivity contribution in [2.75, 3.05) is 16.2 Å². The van der Waals surface area contributed by atoms with Crippen LogP contribution in [0.4, 0.5) is 11.4 Å². The molecule has 2 aromatic rings. The van der Waals surface area contributed by atoms with Crippen LogP contribution in [0.1, 0.15) is 18.9 Å². The largest absolute Gasteiger partial charge is 0.312 e. The van der Waals surface area contributed by atoms with Crippen LogP contribution >= 0.6 is 23.2 Å². The second kappa shape index (κ2) is 6.86. The molecule has 25 heavy (non-hydrogen) atoms. The van der Waals surface area contributed by atoms with Crippen molar-refractivity contribution in [3.8, 4) is 0 Å². The average molecular weight is 399 g/mol. The minimum Gasteiger partial charge on any atom is -0.312 e. The number of anilines is 2. The lowest BCUT2D eigenvalue weighted by Crippen LogP contribution is -2.27. The summed E-state index contributed by atoms with van der Waals surface area (Å²) in [6.07, 6.45) is 1.05. The van der Waals surface area contributed by atoms with Gasteiger partial charge in [-0.05, 0) is 48.4 Å². The van der Waals surface area contributed by atoms with Gasteiger partial charge in [-0.2, -0.15) is 0 Å². The summed E-state index contributed by atoms with van der Waals surface area (Å²) < 4.78 is 27.7. The van der Waals surface area contributed by atoms with E-state index in [4.69, 9.17) is 23.2 Å². The maximum Gasteiger partial charge on any atom is 0.261 e. The normalized spacial score (nSPS) is 13.6. The van der Waals surface area contributed by atoms with E-state index in [9.17, 15) is 13.2 Å². The van der Waals surface area contributed by atoms with Gasteiger partial charge in [0.05, 0.1) is 10.6 Å². The molecule has 5 nitrogen and oxygen atoms in total. The van der Waals surface area contributed by atoms with Crippen LogP contribution in [0, 0.1) is 0 Å². The number of nitrogens with one attached hydrogen (secondary N) is 1. The molecule has 0 spiro atoms. The number of hydrogen-bond donors (Lipinski definition) is 1. The number of sulfonamides is 1. The van der Waals surface area contributed by atoms with Gasteiger partial charge in [-0.1, -0.05) is 30.1 Å². The highest BCUT2D eigenvalue weighted by atomic mass is 35.5. The van der Waals surface area contributed by atoms with E-state index >= 15 is 0 Å². The molecule has 0 aromatic heterocycles. The van der Waals surface area contributed by atoms with Gasteiger partial charge in [0.2, 0.25) is 5.91 Å². The molecule has 2 aromatic carbocycles. The number of carbonyl (C=O) groups excluding carboxylic acids is 1. The Morgan fingerprint density at radius 2 is 1.84 bits per heavy atom. The number of amides is 1. The number of fused-ring (bicyclic) bond motifs is 1. The SMILES string of the molecule is CCC(=O)N1CCc2cc(S(=O)(=O)Nc3cc(Cl)cc(Cl)c3)ccc21. The lowest BCUT2D eigenvalue weighted by molar-refractivity contribution is -0.118. The number of benzene rings is 2. The number of rotatable bonds is 4. The highest BCUT2D eigenvalue weighted by molar-refractivity contribution is 7.92. The fourth-order valence-electron chi connectivity index (χ4n) is 2.82. The number of hydrogen-bond acceptors (Lipinski definition) is 3. The summed E-state index contributed by atoms with van der Waals surface area (Å²) >= 11 is 11.8. The third kappa shape index (κ3) is 3.76. The third-order valence-electron chi connectivity index (χ3n) is 3.98. The second-order valence-electron chi connectivity index (χ2n) is 5.70. The van der Waals surface area contributed by atoms with E-state index in [-0.39, 0.29) is 10.8 Å². The van der Waals surface area contributed by atoms with Gasteiger partial charge in [-0.25, -0.2) is 8.42 Å². The highest BCUT2D eigenvalue weighted by Crippen LogP contribution is 2.31. The first-order valence-electron chi connectivity index (χ1n) is 7.72. The molecule has 1 aliphatic rings. The molecule has 0 bridgehead atoms. The van der Waals surface area contributed by atoms with Crippen LogP contribution in [-0.4, -0.2) is 20.9 Å². The van der Waals surface area contributed by atoms with E-state index in [1.165, 1.54) is 24.3 Å². The Morgan fingerprint density at radius 3 is 2.48 bits per heavy atom. The average Bonchev–Trinajstić information content (AvgIpc) is 2.95. The van der Waals surface area contributed by atoms with Crippen molar-refractivity contribution in [2.24, 2.45) is 0 Å². The van der Waals surface area contributed by atoms with Gasteiger partial charge in [-0.15, -0.1) is 0 Å². The van der Waals surface area contributed by atoms with Gasteiger partial charge < -0.3 is 4.90 Å². The number of carbonyl (C=O) groups is 1. The fraction of sp³-hybridized carbons (Fsp3) is 0.235. The quantitative estimate of drug-likeness (QED) is 0.842. The molecule has 132 valence electrons. The molecule has 0 radical (unpaired) electrons. The molecular weight excluding hydrogens is 383 g/mol. The van der Waals surface area contributed by atoms with Gasteiger partial charge in [0.15, 0.2) is 0 Å². The minimum atomic E-state index is -3.78. The lowest BCUT2D eigenvalue weighted by Gasteiger charge is -2.16. The Balaban J connectivity index is 1.90. The molecule has 1 N–H and O–H groups in total. The summed E-state index contributed by atoms with van der Waals surface area (Å²) in [6, 6.07) is 9.27. The summed E-state index contributed by atoms with van der Waals surface area (Å²) in [5.74, 6) is 0.0288. The van der Waals surface area contributed by atoms with Gasteiger partial charge in [0, 0.05) is 28.7 Å². The zero-order valence-corrected chi connectivity index (χ0v) is 15.7. The standard InChI is InChI=1S/C17H16Cl2N2O3S/c1-2-17(22)21-6-5-11-7-15(3-4-16(11)21)25(23,24)20-14-9-12(18)8-13(19)10-14/h3-4,7-10,20H,2,5-6H2,1H3. The van der Waals surface area contributed by atoms with Crippen LogP contribution in [0.5, 0.6) is 0 Å². The summed E-state index contributed by atoms with van der Waals surface area (Å²) in [5, 5.41) is 0.681. The topological polar surface area (TPSA) is 66.5 Å². The van der Waals surface area contributed by atoms with Crippen LogP contribution in [0.2, 0.25) is 10.0 Å². The molecule has 0 fully saturated rings. The van der Waals surface area contributed by atoms with Gasteiger partial charge in [0.25, 0.3) is 10.0 Å². The summed E-state index contributed by atoms with van der Waals surface area (Å²) in [6.45, 7) is 2.38. The van der Waals surface area contributed by atoms with Crippen molar-refractivity contribution in [3.63, 3.8) is 0 Å². The molecule has 0 saturated carbocycles. The van der Waals surface area contributed by atoms with Gasteiger partial charge in [-0.3, -0.25) is 9.52 Å². The van der Waals surface area contributed by atoms with Gasteiger partial charge in [0.1, 0.15) is 0 Å².